The first kappa shape index (κ1) is 11.2. The third kappa shape index (κ3) is 2.64. The molecule has 1 nitrogen and oxygen atoms in total. The standard InChI is InChI=1S/C34H20O/c1-3-10-25-21(7-1)15-16-24-19-23-9-5-12-27(31(23)20-30(24)25)28-13-6-14-32-33(28)29-18-17-22-8-2-4-11-26(22)34(29)35-32/h1-20H/i1D,3D,5D,7D,9D,10D,12D,15D,16D,19D,20D. The molecule has 0 radical (unpaired) electrons. The van der Waals surface area contributed by atoms with Gasteiger partial charge in [-0.15, -0.1) is 0 Å². The lowest BCUT2D eigenvalue weighted by atomic mass is 9.91. The van der Waals surface area contributed by atoms with Crippen LogP contribution < -0.4 is 0 Å². The van der Waals surface area contributed by atoms with Crippen molar-refractivity contribution in [2.24, 2.45) is 0 Å². The van der Waals surface area contributed by atoms with Gasteiger partial charge in [-0.2, -0.15) is 0 Å². The molecular weight excluding hydrogens is 424 g/mol. The van der Waals surface area contributed by atoms with Crippen LogP contribution in [0.3, 0.4) is 0 Å². The fourth-order valence-electron chi connectivity index (χ4n) is 4.96. The zero-order valence-corrected chi connectivity index (χ0v) is 18.1. The van der Waals surface area contributed by atoms with Crippen molar-refractivity contribution in [3.8, 4) is 11.1 Å². The maximum atomic E-state index is 9.53. The number of hydrogen-bond acceptors (Lipinski definition) is 1. The lowest BCUT2D eigenvalue weighted by Gasteiger charge is -2.11. The van der Waals surface area contributed by atoms with Gasteiger partial charge in [-0.25, -0.2) is 0 Å². The Kier molecular flexibility index (Phi) is 2.22. The van der Waals surface area contributed by atoms with E-state index < -0.39 is 54.4 Å². The van der Waals surface area contributed by atoms with E-state index in [0.29, 0.717) is 22.1 Å². The van der Waals surface area contributed by atoms with Gasteiger partial charge in [-0.1, -0.05) is 96.8 Å². The Bertz CT molecular complexity index is 2710. The van der Waals surface area contributed by atoms with Gasteiger partial charge in [0.05, 0.1) is 15.1 Å². The molecule has 1 aromatic heterocycles. The van der Waals surface area contributed by atoms with Crippen molar-refractivity contribution in [2.75, 3.05) is 0 Å². The summed E-state index contributed by atoms with van der Waals surface area (Å²) in [5.74, 6) is 0. The smallest absolute Gasteiger partial charge is 0.143 e. The average molecular weight is 456 g/mol. The maximum absolute atomic E-state index is 9.53. The van der Waals surface area contributed by atoms with Crippen LogP contribution in [0.25, 0.3) is 76.2 Å². The minimum Gasteiger partial charge on any atom is -0.455 e. The molecule has 0 fully saturated rings. The predicted octanol–water partition coefficient (Wildman–Crippen LogP) is 9.87. The fourth-order valence-corrected chi connectivity index (χ4v) is 4.96. The molecule has 35 heavy (non-hydrogen) atoms. The van der Waals surface area contributed by atoms with Crippen LogP contribution in [0.15, 0.2) is 125 Å². The Morgan fingerprint density at radius 3 is 2.34 bits per heavy atom. The van der Waals surface area contributed by atoms with Crippen LogP contribution >= 0.6 is 0 Å². The van der Waals surface area contributed by atoms with Crippen LogP contribution in [0.5, 0.6) is 0 Å². The second kappa shape index (κ2) is 6.94. The van der Waals surface area contributed by atoms with Crippen LogP contribution in [-0.4, -0.2) is 0 Å². The minimum atomic E-state index is -0.590. The number of furan rings is 1. The van der Waals surface area contributed by atoms with Crippen molar-refractivity contribution in [1.82, 2.24) is 0 Å². The average Bonchev–Trinajstić information content (AvgIpc) is 3.45. The van der Waals surface area contributed by atoms with Crippen molar-refractivity contribution < 1.29 is 19.5 Å². The molecule has 1 heteroatoms. The van der Waals surface area contributed by atoms with Gasteiger partial charge in [0.1, 0.15) is 11.2 Å². The first-order chi connectivity index (χ1) is 22.0. The van der Waals surface area contributed by atoms with E-state index in [-0.39, 0.29) is 50.0 Å². The third-order valence-electron chi connectivity index (χ3n) is 6.53. The van der Waals surface area contributed by atoms with Crippen LogP contribution in [-0.2, 0) is 0 Å². The van der Waals surface area contributed by atoms with Crippen molar-refractivity contribution in [2.45, 2.75) is 0 Å². The molecule has 0 amide bonds. The second-order valence-electron chi connectivity index (χ2n) is 8.44. The van der Waals surface area contributed by atoms with Crippen molar-refractivity contribution in [3.63, 3.8) is 0 Å². The first-order valence-corrected chi connectivity index (χ1v) is 11.1. The van der Waals surface area contributed by atoms with E-state index >= 15 is 0 Å². The molecule has 0 aliphatic heterocycles. The molecule has 0 N–H and O–H groups in total. The molecule has 162 valence electrons. The Hall–Kier alpha value is -4.62. The highest BCUT2D eigenvalue weighted by atomic mass is 16.3. The van der Waals surface area contributed by atoms with Gasteiger partial charge in [-0.3, -0.25) is 0 Å². The highest BCUT2D eigenvalue weighted by Gasteiger charge is 2.16. The van der Waals surface area contributed by atoms with E-state index in [9.17, 15) is 2.74 Å². The van der Waals surface area contributed by atoms with E-state index in [1.165, 1.54) is 0 Å². The van der Waals surface area contributed by atoms with Crippen molar-refractivity contribution in [3.05, 3.63) is 121 Å². The zero-order chi connectivity index (χ0) is 32.5. The molecule has 0 bridgehead atoms. The summed E-state index contributed by atoms with van der Waals surface area (Å²) in [4.78, 5) is 0. The lowest BCUT2D eigenvalue weighted by Crippen LogP contribution is -1.85. The van der Waals surface area contributed by atoms with E-state index in [0.717, 1.165) is 16.2 Å². The highest BCUT2D eigenvalue weighted by molar-refractivity contribution is 6.21. The molecule has 0 spiro atoms. The normalized spacial score (nSPS) is 16.4. The summed E-state index contributed by atoms with van der Waals surface area (Å²) in [5, 5.41) is 2.18. The number of hydrogen-bond donors (Lipinski definition) is 0. The summed E-state index contributed by atoms with van der Waals surface area (Å²) in [6.45, 7) is 0. The molecule has 7 aromatic carbocycles. The van der Waals surface area contributed by atoms with E-state index in [1.807, 2.05) is 36.4 Å². The topological polar surface area (TPSA) is 13.1 Å². The summed E-state index contributed by atoms with van der Waals surface area (Å²) < 4.78 is 103. The molecule has 8 aromatic rings. The van der Waals surface area contributed by atoms with Gasteiger partial charge in [0.25, 0.3) is 0 Å². The molecule has 0 saturated carbocycles. The highest BCUT2D eigenvalue weighted by Crippen LogP contribution is 2.42. The number of rotatable bonds is 1. The van der Waals surface area contributed by atoms with Crippen LogP contribution in [0.2, 0.25) is 0 Å². The lowest BCUT2D eigenvalue weighted by molar-refractivity contribution is 0.673. The Balaban J connectivity index is 1.66. The SMILES string of the molecule is [2H]c1c([2H])c(-c2cccc3oc4c5ccccc5ccc4c23)c2c([2H])c3c(c([2H])c([2H])c4c([2H])c([2H])c([2H])c([2H])c43)c([2H])c2c1[2H]. The van der Waals surface area contributed by atoms with Gasteiger partial charge in [-0.05, 0) is 73.0 Å². The van der Waals surface area contributed by atoms with E-state index in [2.05, 4.69) is 0 Å². The molecule has 0 unspecified atom stereocenters. The molecule has 0 atom stereocenters. The fraction of sp³-hybridized carbons (Fsp3) is 0. The monoisotopic (exact) mass is 455 g/mol. The van der Waals surface area contributed by atoms with Crippen LogP contribution in [0.4, 0.5) is 0 Å². The largest absolute Gasteiger partial charge is 0.455 e. The Morgan fingerprint density at radius 2 is 1.34 bits per heavy atom. The maximum Gasteiger partial charge on any atom is 0.143 e. The van der Waals surface area contributed by atoms with Gasteiger partial charge < -0.3 is 4.42 Å². The van der Waals surface area contributed by atoms with Gasteiger partial charge >= 0.3 is 0 Å². The minimum absolute atomic E-state index is 0.0306. The number of fused-ring (bicyclic) bond motifs is 9. The Morgan fingerprint density at radius 1 is 0.486 bits per heavy atom. The third-order valence-corrected chi connectivity index (χ3v) is 6.53. The quantitative estimate of drug-likeness (QED) is 0.177. The summed E-state index contributed by atoms with van der Waals surface area (Å²) >= 11 is 0. The molecule has 1 heterocycles. The molecule has 0 aliphatic carbocycles. The summed E-state index contributed by atoms with van der Waals surface area (Å²) in [6.07, 6.45) is 0. The van der Waals surface area contributed by atoms with Crippen LogP contribution in [0.1, 0.15) is 15.1 Å². The zero-order valence-electron chi connectivity index (χ0n) is 29.1. The Labute approximate surface area is 217 Å². The van der Waals surface area contributed by atoms with Crippen molar-refractivity contribution >= 4 is 65.0 Å². The van der Waals surface area contributed by atoms with Gasteiger partial charge in [0.15, 0.2) is 0 Å². The summed E-state index contributed by atoms with van der Waals surface area (Å²) in [5.41, 5.74) is 1.62. The molecule has 0 aliphatic rings. The summed E-state index contributed by atoms with van der Waals surface area (Å²) in [6, 6.07) is 11.4. The first-order valence-electron chi connectivity index (χ1n) is 16.6. The molecular formula is C34H20O. The second-order valence-corrected chi connectivity index (χ2v) is 8.44. The van der Waals surface area contributed by atoms with E-state index in [1.54, 1.807) is 18.2 Å². The number of benzene rings is 7. The van der Waals surface area contributed by atoms with Gasteiger partial charge in [0.2, 0.25) is 0 Å². The summed E-state index contributed by atoms with van der Waals surface area (Å²) in [7, 11) is 0. The molecule has 0 saturated heterocycles. The van der Waals surface area contributed by atoms with Crippen molar-refractivity contribution in [1.29, 1.82) is 0 Å². The van der Waals surface area contributed by atoms with Gasteiger partial charge in [0, 0.05) is 16.2 Å². The molecule has 8 rings (SSSR count). The van der Waals surface area contributed by atoms with Crippen LogP contribution in [0, 0.1) is 0 Å². The van der Waals surface area contributed by atoms with E-state index in [4.69, 9.17) is 16.8 Å². The predicted molar refractivity (Wildman–Crippen MR) is 149 cm³/mol.